The van der Waals surface area contributed by atoms with E-state index in [0.29, 0.717) is 18.1 Å². The maximum Gasteiger partial charge on any atom is 0.257 e. The summed E-state index contributed by atoms with van der Waals surface area (Å²) in [5, 5.41) is 22.4. The quantitative estimate of drug-likeness (QED) is 0.506. The standard InChI is InChI=1S/C24H23F3N4O4/c1-11(12-2-3-12)28-24(35)15-8-31(21-16(26)6-13(25)7-17(21)27)23-14(22(15)34)4-5-20(29-23)30-9-18(32)19(33)10-30/h4-8,11-12,18-19,32-33H,2-3,9-10H2,1H3,(H,28,35)/t11-,18+,19+/m0/s1. The summed E-state index contributed by atoms with van der Waals surface area (Å²) in [4.78, 5) is 32.1. The number of anilines is 1. The van der Waals surface area contributed by atoms with Crippen molar-refractivity contribution in [3.05, 3.63) is 63.7 Å². The third-order valence-electron chi connectivity index (χ3n) is 6.57. The smallest absolute Gasteiger partial charge is 0.257 e. The van der Waals surface area contributed by atoms with Crippen LogP contribution in [0.25, 0.3) is 16.7 Å². The third kappa shape index (κ3) is 4.25. The molecule has 3 N–H and O–H groups in total. The highest BCUT2D eigenvalue weighted by Gasteiger charge is 2.32. The largest absolute Gasteiger partial charge is 0.389 e. The second-order valence-electron chi connectivity index (χ2n) is 9.14. The van der Waals surface area contributed by atoms with E-state index in [9.17, 15) is 33.0 Å². The molecular weight excluding hydrogens is 465 g/mol. The van der Waals surface area contributed by atoms with Gasteiger partial charge >= 0.3 is 0 Å². The van der Waals surface area contributed by atoms with E-state index in [1.165, 1.54) is 12.1 Å². The molecule has 0 unspecified atom stereocenters. The van der Waals surface area contributed by atoms with Crippen molar-refractivity contribution in [1.29, 1.82) is 0 Å². The molecule has 3 aromatic rings. The number of hydrogen-bond acceptors (Lipinski definition) is 6. The molecule has 1 saturated carbocycles. The zero-order chi connectivity index (χ0) is 25.0. The molecule has 184 valence electrons. The molecule has 2 fully saturated rings. The van der Waals surface area contributed by atoms with E-state index in [1.54, 1.807) is 4.90 Å². The summed E-state index contributed by atoms with van der Waals surface area (Å²) in [6.07, 6.45) is 0.899. The Balaban J connectivity index is 1.70. The zero-order valence-corrected chi connectivity index (χ0v) is 18.7. The van der Waals surface area contributed by atoms with E-state index in [4.69, 9.17) is 0 Å². The van der Waals surface area contributed by atoms with E-state index in [-0.39, 0.29) is 41.5 Å². The number of β-amino-alcohol motifs (C(OH)–C–C–N with tert-alkyl or cyclic N) is 2. The minimum absolute atomic E-state index is 0.0583. The monoisotopic (exact) mass is 488 g/mol. The normalized spacial score (nSPS) is 20.9. The van der Waals surface area contributed by atoms with Crippen LogP contribution in [0.2, 0.25) is 0 Å². The SMILES string of the molecule is C[C@H](NC(=O)c1cn(-c2c(F)cc(F)cc2F)c2nc(N3C[C@@H](O)[C@H](O)C3)ccc2c1=O)C1CC1. The zero-order valence-electron chi connectivity index (χ0n) is 18.7. The number of nitrogens with zero attached hydrogens (tertiary/aromatic N) is 3. The van der Waals surface area contributed by atoms with Gasteiger partial charge < -0.3 is 20.4 Å². The maximum atomic E-state index is 14.8. The Hall–Kier alpha value is -3.44. The Kier molecular flexibility index (Phi) is 5.76. The van der Waals surface area contributed by atoms with Gasteiger partial charge in [-0.2, -0.15) is 0 Å². The number of halogens is 3. The van der Waals surface area contributed by atoms with Gasteiger partial charge in [0.2, 0.25) is 5.43 Å². The molecule has 3 atom stereocenters. The number of nitrogens with one attached hydrogen (secondary N) is 1. The molecule has 11 heteroatoms. The molecule has 3 heterocycles. The van der Waals surface area contributed by atoms with Gasteiger partial charge in [0.05, 0.1) is 17.6 Å². The molecule has 1 aliphatic heterocycles. The van der Waals surface area contributed by atoms with Crippen LogP contribution < -0.4 is 15.6 Å². The first-order chi connectivity index (χ1) is 16.6. The first kappa shape index (κ1) is 23.3. The summed E-state index contributed by atoms with van der Waals surface area (Å²) < 4.78 is 44.1. The highest BCUT2D eigenvalue weighted by Crippen LogP contribution is 2.32. The number of aromatic nitrogens is 2. The van der Waals surface area contributed by atoms with E-state index in [0.717, 1.165) is 23.6 Å². The number of rotatable bonds is 5. The summed E-state index contributed by atoms with van der Waals surface area (Å²) in [5.74, 6) is -3.76. The lowest BCUT2D eigenvalue weighted by molar-refractivity contribution is 0.0572. The fourth-order valence-electron chi connectivity index (χ4n) is 4.42. The second-order valence-corrected chi connectivity index (χ2v) is 9.14. The number of pyridine rings is 2. The Morgan fingerprint density at radius 3 is 2.34 bits per heavy atom. The fourth-order valence-corrected chi connectivity index (χ4v) is 4.42. The van der Waals surface area contributed by atoms with Gasteiger partial charge in [-0.3, -0.25) is 14.2 Å². The number of carbonyl (C=O) groups excluding carboxylic acids is 1. The molecule has 35 heavy (non-hydrogen) atoms. The van der Waals surface area contributed by atoms with Crippen molar-refractivity contribution < 1.29 is 28.2 Å². The maximum absolute atomic E-state index is 14.8. The second kappa shape index (κ2) is 8.65. The predicted molar refractivity (Wildman–Crippen MR) is 121 cm³/mol. The van der Waals surface area contributed by atoms with Crippen LogP contribution in [0.1, 0.15) is 30.1 Å². The first-order valence-corrected chi connectivity index (χ1v) is 11.3. The summed E-state index contributed by atoms with van der Waals surface area (Å²) >= 11 is 0. The van der Waals surface area contributed by atoms with Crippen LogP contribution in [-0.4, -0.2) is 57.0 Å². The fraction of sp³-hybridized carbons (Fsp3) is 0.375. The topological polar surface area (TPSA) is 108 Å². The number of hydrogen-bond donors (Lipinski definition) is 3. The van der Waals surface area contributed by atoms with Crippen LogP contribution in [0.3, 0.4) is 0 Å². The molecule has 5 rings (SSSR count). The molecule has 2 aromatic heterocycles. The molecule has 0 radical (unpaired) electrons. The summed E-state index contributed by atoms with van der Waals surface area (Å²) in [5.41, 5.74) is -1.89. The van der Waals surface area contributed by atoms with Gasteiger partial charge in [0.25, 0.3) is 5.91 Å². The van der Waals surface area contributed by atoms with Crippen LogP contribution in [0.15, 0.2) is 35.3 Å². The third-order valence-corrected chi connectivity index (χ3v) is 6.57. The number of aliphatic hydroxyl groups excluding tert-OH is 2. The summed E-state index contributed by atoms with van der Waals surface area (Å²) in [7, 11) is 0. The Morgan fingerprint density at radius 2 is 1.74 bits per heavy atom. The van der Waals surface area contributed by atoms with Crippen LogP contribution in [0.4, 0.5) is 19.0 Å². The Morgan fingerprint density at radius 1 is 1.11 bits per heavy atom. The van der Waals surface area contributed by atoms with E-state index in [1.807, 2.05) is 6.92 Å². The van der Waals surface area contributed by atoms with Gasteiger partial charge in [0.15, 0.2) is 17.3 Å². The van der Waals surface area contributed by atoms with Gasteiger partial charge in [-0.25, -0.2) is 18.2 Å². The Labute approximate surface area is 197 Å². The number of aliphatic hydroxyl groups is 2. The van der Waals surface area contributed by atoms with Gasteiger partial charge in [-0.1, -0.05) is 0 Å². The van der Waals surface area contributed by atoms with Gasteiger partial charge in [0.1, 0.15) is 22.9 Å². The minimum atomic E-state index is -1.25. The number of carbonyl (C=O) groups is 1. The van der Waals surface area contributed by atoms with Gasteiger partial charge in [-0.05, 0) is 37.8 Å². The average Bonchev–Trinajstić information content (AvgIpc) is 3.59. The van der Waals surface area contributed by atoms with Gasteiger partial charge in [0, 0.05) is 37.5 Å². The van der Waals surface area contributed by atoms with E-state index >= 15 is 0 Å². The Bertz CT molecular complexity index is 1360. The van der Waals surface area contributed by atoms with Crippen LogP contribution in [-0.2, 0) is 0 Å². The predicted octanol–water partition coefficient (Wildman–Crippen LogP) is 1.87. The highest BCUT2D eigenvalue weighted by atomic mass is 19.1. The first-order valence-electron chi connectivity index (χ1n) is 11.3. The molecule has 0 spiro atoms. The van der Waals surface area contributed by atoms with E-state index in [2.05, 4.69) is 10.3 Å². The molecule has 0 bridgehead atoms. The highest BCUT2D eigenvalue weighted by molar-refractivity contribution is 5.97. The van der Waals surface area contributed by atoms with Crippen molar-refractivity contribution in [2.24, 2.45) is 5.92 Å². The van der Waals surface area contributed by atoms with Crippen molar-refractivity contribution in [3.63, 3.8) is 0 Å². The van der Waals surface area contributed by atoms with Crippen molar-refractivity contribution in [1.82, 2.24) is 14.9 Å². The van der Waals surface area contributed by atoms with Crippen molar-refractivity contribution in [2.45, 2.75) is 38.0 Å². The van der Waals surface area contributed by atoms with E-state index < -0.39 is 46.7 Å². The number of fused-ring (bicyclic) bond motifs is 1. The summed E-state index contributed by atoms with van der Waals surface area (Å²) in [6.45, 7) is 1.94. The molecule has 1 aromatic carbocycles. The number of benzene rings is 1. The molecule has 1 amide bonds. The van der Waals surface area contributed by atoms with Crippen LogP contribution in [0, 0.1) is 23.4 Å². The average molecular weight is 488 g/mol. The molecule has 2 aliphatic rings. The van der Waals surface area contributed by atoms with Crippen molar-refractivity contribution >= 4 is 22.8 Å². The molecule has 1 saturated heterocycles. The minimum Gasteiger partial charge on any atom is -0.389 e. The van der Waals surface area contributed by atoms with Gasteiger partial charge in [-0.15, -0.1) is 0 Å². The van der Waals surface area contributed by atoms with Crippen LogP contribution >= 0.6 is 0 Å². The summed E-state index contributed by atoms with van der Waals surface area (Å²) in [6, 6.07) is 3.64. The lowest BCUT2D eigenvalue weighted by Crippen LogP contribution is -2.37. The van der Waals surface area contributed by atoms with Crippen molar-refractivity contribution in [2.75, 3.05) is 18.0 Å². The number of amides is 1. The molecular formula is C24H23F3N4O4. The molecule has 1 aliphatic carbocycles. The van der Waals surface area contributed by atoms with Crippen LogP contribution in [0.5, 0.6) is 0 Å². The van der Waals surface area contributed by atoms with Crippen molar-refractivity contribution in [3.8, 4) is 5.69 Å². The lowest BCUT2D eigenvalue weighted by Gasteiger charge is -2.20. The lowest BCUT2D eigenvalue weighted by atomic mass is 10.1. The molecule has 8 nitrogen and oxygen atoms in total.